The first-order valence-corrected chi connectivity index (χ1v) is 6.83. The Bertz CT molecular complexity index is 590. The third kappa shape index (κ3) is 4.85. The van der Waals surface area contributed by atoms with Gasteiger partial charge >= 0.3 is 5.69 Å². The van der Waals surface area contributed by atoms with E-state index in [0.717, 1.165) is 0 Å². The largest absolute Gasteiger partial charge is 0.493 e. The Balaban J connectivity index is 3.19. The quantitative estimate of drug-likeness (QED) is 0.356. The Morgan fingerprint density at radius 1 is 1.50 bits per heavy atom. The first-order chi connectivity index (χ1) is 10.4. The molecule has 9 heteroatoms. The second-order valence-electron chi connectivity index (χ2n) is 4.44. The van der Waals surface area contributed by atoms with E-state index >= 15 is 0 Å². The molecule has 0 radical (unpaired) electrons. The molecule has 1 aromatic carbocycles. The summed E-state index contributed by atoms with van der Waals surface area (Å²) >= 11 is 4.87. The summed E-state index contributed by atoms with van der Waals surface area (Å²) in [6.07, 6.45) is 1.18. The fraction of sp³-hybridized carbons (Fsp3) is 0.385. The van der Waals surface area contributed by atoms with Crippen LogP contribution in [0, 0.1) is 10.1 Å². The van der Waals surface area contributed by atoms with Gasteiger partial charge in [0, 0.05) is 18.7 Å². The molecule has 0 atom stereocenters. The van der Waals surface area contributed by atoms with E-state index in [1.807, 2.05) is 0 Å². The van der Waals surface area contributed by atoms with E-state index in [2.05, 4.69) is 15.8 Å². The first-order valence-electron chi connectivity index (χ1n) is 6.42. The van der Waals surface area contributed by atoms with E-state index in [0.29, 0.717) is 10.7 Å². The summed E-state index contributed by atoms with van der Waals surface area (Å²) in [5, 5.41) is 18.1. The van der Waals surface area contributed by atoms with E-state index in [1.165, 1.54) is 19.4 Å². The van der Waals surface area contributed by atoms with Gasteiger partial charge in [-0.2, -0.15) is 5.10 Å². The van der Waals surface area contributed by atoms with Crippen LogP contribution >= 0.6 is 12.2 Å². The SMILES string of the molecule is CNC(=S)N/N=C/c1cc(OC)c(OC(C)C)c([N+](=O)[O-])c1. The predicted octanol–water partition coefficient (Wildman–Crippen LogP) is 1.82. The van der Waals surface area contributed by atoms with Gasteiger partial charge < -0.3 is 14.8 Å². The van der Waals surface area contributed by atoms with Crippen molar-refractivity contribution in [2.75, 3.05) is 14.2 Å². The van der Waals surface area contributed by atoms with E-state index in [9.17, 15) is 10.1 Å². The minimum absolute atomic E-state index is 0.0957. The highest BCUT2D eigenvalue weighted by atomic mass is 32.1. The maximum Gasteiger partial charge on any atom is 0.315 e. The van der Waals surface area contributed by atoms with Crippen molar-refractivity contribution in [3.8, 4) is 11.5 Å². The highest BCUT2D eigenvalue weighted by molar-refractivity contribution is 7.80. The lowest BCUT2D eigenvalue weighted by Gasteiger charge is -2.14. The lowest BCUT2D eigenvalue weighted by atomic mass is 10.2. The average molecular weight is 326 g/mol. The number of hydrogen-bond acceptors (Lipinski definition) is 6. The van der Waals surface area contributed by atoms with Crippen LogP contribution in [-0.4, -0.2) is 36.5 Å². The summed E-state index contributed by atoms with van der Waals surface area (Å²) in [5.74, 6) is 0.360. The zero-order chi connectivity index (χ0) is 16.7. The molecular formula is C13H18N4O4S. The van der Waals surface area contributed by atoms with Crippen LogP contribution in [0.25, 0.3) is 0 Å². The Labute approximate surface area is 133 Å². The fourth-order valence-corrected chi connectivity index (χ4v) is 1.60. The van der Waals surface area contributed by atoms with Gasteiger partial charge in [0.15, 0.2) is 10.9 Å². The predicted molar refractivity (Wildman–Crippen MR) is 87.8 cm³/mol. The van der Waals surface area contributed by atoms with E-state index in [4.69, 9.17) is 21.7 Å². The van der Waals surface area contributed by atoms with Gasteiger partial charge in [0.25, 0.3) is 0 Å². The molecule has 8 nitrogen and oxygen atoms in total. The van der Waals surface area contributed by atoms with Gasteiger partial charge in [0.1, 0.15) is 0 Å². The monoisotopic (exact) mass is 326 g/mol. The van der Waals surface area contributed by atoms with Crippen molar-refractivity contribution in [2.24, 2.45) is 5.10 Å². The minimum Gasteiger partial charge on any atom is -0.493 e. The molecular weight excluding hydrogens is 308 g/mol. The van der Waals surface area contributed by atoms with Crippen LogP contribution < -0.4 is 20.2 Å². The lowest BCUT2D eigenvalue weighted by molar-refractivity contribution is -0.386. The van der Waals surface area contributed by atoms with Crippen LogP contribution in [0.1, 0.15) is 19.4 Å². The van der Waals surface area contributed by atoms with Gasteiger partial charge in [0.2, 0.25) is 5.75 Å². The highest BCUT2D eigenvalue weighted by Crippen LogP contribution is 2.38. The molecule has 22 heavy (non-hydrogen) atoms. The van der Waals surface area contributed by atoms with Crippen LogP contribution in [0.5, 0.6) is 11.5 Å². The number of nitrogens with one attached hydrogen (secondary N) is 2. The van der Waals surface area contributed by atoms with Crippen LogP contribution in [0.4, 0.5) is 5.69 Å². The zero-order valence-electron chi connectivity index (χ0n) is 12.7. The molecule has 0 spiro atoms. The van der Waals surface area contributed by atoms with Gasteiger partial charge in [-0.15, -0.1) is 0 Å². The molecule has 0 aliphatic heterocycles. The van der Waals surface area contributed by atoms with Crippen molar-refractivity contribution in [3.05, 3.63) is 27.8 Å². The number of ether oxygens (including phenoxy) is 2. The molecule has 0 fully saturated rings. The number of nitrogens with zero attached hydrogens (tertiary/aromatic N) is 2. The van der Waals surface area contributed by atoms with Gasteiger partial charge in [-0.3, -0.25) is 15.5 Å². The molecule has 120 valence electrons. The van der Waals surface area contributed by atoms with Crippen LogP contribution in [-0.2, 0) is 0 Å². The van der Waals surface area contributed by atoms with E-state index in [-0.39, 0.29) is 23.3 Å². The standard InChI is InChI=1S/C13H18N4O4S/c1-8(2)21-12-10(17(18)19)5-9(6-11(12)20-4)7-15-16-13(22)14-3/h5-8H,1-4H3,(H2,14,16,22)/b15-7+. The number of benzene rings is 1. The number of nitro benzene ring substituents is 1. The van der Waals surface area contributed by atoms with Crippen molar-refractivity contribution < 1.29 is 14.4 Å². The topological polar surface area (TPSA) is 98.0 Å². The number of nitro groups is 1. The molecule has 0 amide bonds. The maximum atomic E-state index is 11.2. The Hall–Kier alpha value is -2.42. The second kappa shape index (κ2) is 8.13. The molecule has 2 N–H and O–H groups in total. The van der Waals surface area contributed by atoms with E-state index in [1.54, 1.807) is 27.0 Å². The second-order valence-corrected chi connectivity index (χ2v) is 4.85. The summed E-state index contributed by atoms with van der Waals surface area (Å²) in [7, 11) is 3.07. The Kier molecular flexibility index (Phi) is 6.51. The van der Waals surface area contributed by atoms with Gasteiger partial charge in [0.05, 0.1) is 24.4 Å². The van der Waals surface area contributed by atoms with Crippen molar-refractivity contribution >= 4 is 29.2 Å². The summed E-state index contributed by atoms with van der Waals surface area (Å²) in [5.41, 5.74) is 2.85. The average Bonchev–Trinajstić information content (AvgIpc) is 2.47. The molecule has 0 heterocycles. The summed E-state index contributed by atoms with van der Waals surface area (Å²) < 4.78 is 10.7. The third-order valence-electron chi connectivity index (χ3n) is 2.43. The zero-order valence-corrected chi connectivity index (χ0v) is 13.6. The van der Waals surface area contributed by atoms with Gasteiger partial charge in [-0.1, -0.05) is 0 Å². The number of rotatable bonds is 6. The molecule has 0 aliphatic rings. The summed E-state index contributed by atoms with van der Waals surface area (Å²) in [6, 6.07) is 2.95. The first kappa shape index (κ1) is 17.6. The molecule has 0 aliphatic carbocycles. The van der Waals surface area contributed by atoms with Crippen molar-refractivity contribution in [2.45, 2.75) is 20.0 Å². The molecule has 1 rings (SSSR count). The number of thiocarbonyl (C=S) groups is 1. The van der Waals surface area contributed by atoms with Gasteiger partial charge in [-0.25, -0.2) is 0 Å². The van der Waals surface area contributed by atoms with Crippen molar-refractivity contribution in [1.29, 1.82) is 0 Å². The van der Waals surface area contributed by atoms with Crippen molar-refractivity contribution in [1.82, 2.24) is 10.7 Å². The van der Waals surface area contributed by atoms with Crippen LogP contribution in [0.3, 0.4) is 0 Å². The minimum atomic E-state index is -0.525. The van der Waals surface area contributed by atoms with Gasteiger partial charge in [-0.05, 0) is 32.1 Å². The molecule has 0 bridgehead atoms. The number of hydrazone groups is 1. The molecule has 0 saturated carbocycles. The molecule has 0 aromatic heterocycles. The smallest absolute Gasteiger partial charge is 0.315 e. The molecule has 1 aromatic rings. The van der Waals surface area contributed by atoms with Crippen molar-refractivity contribution in [3.63, 3.8) is 0 Å². The van der Waals surface area contributed by atoms with E-state index < -0.39 is 4.92 Å². The number of methoxy groups -OCH3 is 1. The molecule has 0 saturated heterocycles. The Morgan fingerprint density at radius 2 is 2.18 bits per heavy atom. The lowest BCUT2D eigenvalue weighted by Crippen LogP contribution is -2.28. The number of hydrogen-bond donors (Lipinski definition) is 2. The molecule has 0 unspecified atom stereocenters. The summed E-state index contributed by atoms with van der Waals surface area (Å²) in [4.78, 5) is 10.7. The summed E-state index contributed by atoms with van der Waals surface area (Å²) in [6.45, 7) is 3.56. The normalized spacial score (nSPS) is 10.6. The Morgan fingerprint density at radius 3 is 2.68 bits per heavy atom. The van der Waals surface area contributed by atoms with Crippen LogP contribution in [0.2, 0.25) is 0 Å². The fourth-order valence-electron chi connectivity index (χ4n) is 1.55. The maximum absolute atomic E-state index is 11.2. The van der Waals surface area contributed by atoms with Crippen LogP contribution in [0.15, 0.2) is 17.2 Å². The highest BCUT2D eigenvalue weighted by Gasteiger charge is 2.22. The third-order valence-corrected chi connectivity index (χ3v) is 2.73.